The summed E-state index contributed by atoms with van der Waals surface area (Å²) >= 11 is 0. The van der Waals surface area contributed by atoms with Gasteiger partial charge in [0.15, 0.2) is 6.10 Å². The normalized spacial score (nSPS) is 16.4. The van der Waals surface area contributed by atoms with Gasteiger partial charge in [-0.3, -0.25) is 4.68 Å². The third-order valence-corrected chi connectivity index (χ3v) is 3.47. The van der Waals surface area contributed by atoms with E-state index in [2.05, 4.69) is 5.10 Å². The molecule has 0 spiro atoms. The smallest absolute Gasteiger partial charge is 0.345 e. The number of aromatic nitrogens is 2. The number of ether oxygens (including phenoxy) is 2. The fourth-order valence-electron chi connectivity index (χ4n) is 2.39. The number of aryl methyl sites for hydroxylation is 2. The molecule has 6 nitrogen and oxygen atoms in total. The van der Waals surface area contributed by atoms with Crippen LogP contribution < -0.4 is 9.47 Å². The molecule has 0 amide bonds. The molecule has 0 aliphatic carbocycles. The van der Waals surface area contributed by atoms with E-state index in [0.29, 0.717) is 24.5 Å². The lowest BCUT2D eigenvalue weighted by atomic mass is 10.1. The van der Waals surface area contributed by atoms with E-state index in [1.807, 2.05) is 32.2 Å². The number of nitrogens with zero attached hydrogens (tertiary/aromatic N) is 2. The second-order valence-electron chi connectivity index (χ2n) is 5.11. The zero-order valence-corrected chi connectivity index (χ0v) is 11.9. The maximum Gasteiger partial charge on any atom is 0.345 e. The van der Waals surface area contributed by atoms with Gasteiger partial charge in [-0.15, -0.1) is 0 Å². The molecule has 1 atom stereocenters. The standard InChI is InChI=1S/C15H16N2O4/c1-9-5-11(17(2)16-9)8-20-12-4-3-10-6-14(15(18)19)21-13(10)7-12/h3-5,7,14H,6,8H2,1-2H3,(H,18,19). The van der Waals surface area contributed by atoms with Crippen molar-refractivity contribution in [3.05, 3.63) is 41.2 Å². The summed E-state index contributed by atoms with van der Waals surface area (Å²) in [7, 11) is 1.87. The SMILES string of the molecule is Cc1cc(COc2ccc3c(c2)OC(C(=O)O)C3)n(C)n1. The average molecular weight is 288 g/mol. The molecule has 1 aliphatic heterocycles. The minimum atomic E-state index is -0.945. The number of fused-ring (bicyclic) bond motifs is 1. The van der Waals surface area contributed by atoms with Crippen molar-refractivity contribution in [1.29, 1.82) is 0 Å². The molecule has 21 heavy (non-hydrogen) atoms. The number of hydrogen-bond acceptors (Lipinski definition) is 4. The highest BCUT2D eigenvalue weighted by Gasteiger charge is 2.28. The molecule has 0 bridgehead atoms. The average Bonchev–Trinajstić information content (AvgIpc) is 2.99. The summed E-state index contributed by atoms with van der Waals surface area (Å²) in [4.78, 5) is 10.9. The molecule has 2 aromatic rings. The van der Waals surface area contributed by atoms with E-state index in [1.54, 1.807) is 10.7 Å². The van der Waals surface area contributed by atoms with E-state index < -0.39 is 12.1 Å². The Hall–Kier alpha value is -2.50. The van der Waals surface area contributed by atoms with E-state index in [1.165, 1.54) is 0 Å². The maximum absolute atomic E-state index is 10.9. The van der Waals surface area contributed by atoms with Crippen LogP contribution in [0.3, 0.4) is 0 Å². The topological polar surface area (TPSA) is 73.6 Å². The molecule has 2 heterocycles. The van der Waals surface area contributed by atoms with Gasteiger partial charge in [0.2, 0.25) is 0 Å². The first-order valence-corrected chi connectivity index (χ1v) is 6.67. The summed E-state index contributed by atoms with van der Waals surface area (Å²) in [6, 6.07) is 7.38. The number of carbonyl (C=O) groups is 1. The molecule has 1 N–H and O–H groups in total. The fourth-order valence-corrected chi connectivity index (χ4v) is 2.39. The van der Waals surface area contributed by atoms with Gasteiger partial charge in [-0.25, -0.2) is 4.79 Å². The van der Waals surface area contributed by atoms with Gasteiger partial charge >= 0.3 is 5.97 Å². The Kier molecular flexibility index (Phi) is 3.29. The predicted octanol–water partition coefficient (Wildman–Crippen LogP) is 1.70. The van der Waals surface area contributed by atoms with E-state index in [9.17, 15) is 4.79 Å². The van der Waals surface area contributed by atoms with Crippen molar-refractivity contribution in [3.63, 3.8) is 0 Å². The molecule has 1 unspecified atom stereocenters. The number of benzene rings is 1. The van der Waals surface area contributed by atoms with Crippen LogP contribution in [0.4, 0.5) is 0 Å². The molecule has 6 heteroatoms. The summed E-state index contributed by atoms with van der Waals surface area (Å²) < 4.78 is 12.9. The maximum atomic E-state index is 10.9. The number of rotatable bonds is 4. The van der Waals surface area contributed by atoms with Crippen LogP contribution in [0, 0.1) is 6.92 Å². The van der Waals surface area contributed by atoms with Crippen LogP contribution >= 0.6 is 0 Å². The Morgan fingerprint density at radius 3 is 3.00 bits per heavy atom. The van der Waals surface area contributed by atoms with Crippen LogP contribution in [0.25, 0.3) is 0 Å². The summed E-state index contributed by atoms with van der Waals surface area (Å²) in [5.74, 6) is 0.291. The first-order valence-electron chi connectivity index (χ1n) is 6.67. The lowest BCUT2D eigenvalue weighted by molar-refractivity contribution is -0.144. The molecule has 0 radical (unpaired) electrons. The first-order chi connectivity index (χ1) is 10.0. The Labute approximate surface area is 121 Å². The van der Waals surface area contributed by atoms with Crippen molar-refractivity contribution >= 4 is 5.97 Å². The minimum Gasteiger partial charge on any atom is -0.487 e. The molecule has 0 saturated heterocycles. The van der Waals surface area contributed by atoms with Crippen molar-refractivity contribution in [2.45, 2.75) is 26.1 Å². The Balaban J connectivity index is 1.70. The quantitative estimate of drug-likeness (QED) is 0.927. The molecular weight excluding hydrogens is 272 g/mol. The van der Waals surface area contributed by atoms with E-state index in [-0.39, 0.29) is 0 Å². The summed E-state index contributed by atoms with van der Waals surface area (Å²) in [5, 5.41) is 13.2. The van der Waals surface area contributed by atoms with Crippen LogP contribution in [0.15, 0.2) is 24.3 Å². The van der Waals surface area contributed by atoms with Crippen molar-refractivity contribution in [3.8, 4) is 11.5 Å². The fraction of sp³-hybridized carbons (Fsp3) is 0.333. The lowest BCUT2D eigenvalue weighted by Gasteiger charge is -2.08. The van der Waals surface area contributed by atoms with Crippen molar-refractivity contribution in [2.75, 3.05) is 0 Å². The Morgan fingerprint density at radius 2 is 2.33 bits per heavy atom. The summed E-state index contributed by atoms with van der Waals surface area (Å²) in [6.45, 7) is 2.33. The van der Waals surface area contributed by atoms with Gasteiger partial charge in [-0.2, -0.15) is 5.10 Å². The van der Waals surface area contributed by atoms with Gasteiger partial charge in [-0.05, 0) is 24.6 Å². The molecule has 0 saturated carbocycles. The van der Waals surface area contributed by atoms with Crippen LogP contribution in [-0.4, -0.2) is 27.0 Å². The van der Waals surface area contributed by atoms with E-state index >= 15 is 0 Å². The lowest BCUT2D eigenvalue weighted by Crippen LogP contribution is -2.24. The molecule has 1 aliphatic rings. The molecule has 0 fully saturated rings. The zero-order valence-electron chi connectivity index (χ0n) is 11.9. The number of aliphatic carboxylic acids is 1. The third-order valence-electron chi connectivity index (χ3n) is 3.47. The van der Waals surface area contributed by atoms with Crippen molar-refractivity contribution in [2.24, 2.45) is 7.05 Å². The highest BCUT2D eigenvalue weighted by Crippen LogP contribution is 2.32. The number of carboxylic acid groups (broad SMARTS) is 1. The van der Waals surface area contributed by atoms with Crippen LogP contribution in [0.2, 0.25) is 0 Å². The van der Waals surface area contributed by atoms with E-state index in [4.69, 9.17) is 14.6 Å². The van der Waals surface area contributed by atoms with Gasteiger partial charge in [0.05, 0.1) is 11.4 Å². The highest BCUT2D eigenvalue weighted by atomic mass is 16.5. The molecule has 1 aromatic carbocycles. The summed E-state index contributed by atoms with van der Waals surface area (Å²) in [6.07, 6.45) is -0.402. The first kappa shape index (κ1) is 13.5. The summed E-state index contributed by atoms with van der Waals surface area (Å²) in [5.41, 5.74) is 2.81. The predicted molar refractivity (Wildman–Crippen MR) is 74.5 cm³/mol. The third kappa shape index (κ3) is 2.69. The van der Waals surface area contributed by atoms with Crippen LogP contribution in [0.5, 0.6) is 11.5 Å². The van der Waals surface area contributed by atoms with Crippen molar-refractivity contribution in [1.82, 2.24) is 9.78 Å². The van der Waals surface area contributed by atoms with Gasteiger partial charge in [0, 0.05) is 19.5 Å². The Bertz CT molecular complexity index is 693. The van der Waals surface area contributed by atoms with Crippen molar-refractivity contribution < 1.29 is 19.4 Å². The molecule has 3 rings (SSSR count). The van der Waals surface area contributed by atoms with Gasteiger partial charge in [0.25, 0.3) is 0 Å². The molecule has 110 valence electrons. The van der Waals surface area contributed by atoms with Gasteiger partial charge < -0.3 is 14.6 Å². The second kappa shape index (κ2) is 5.12. The highest BCUT2D eigenvalue weighted by molar-refractivity contribution is 5.74. The molecule has 1 aromatic heterocycles. The second-order valence-corrected chi connectivity index (χ2v) is 5.11. The Morgan fingerprint density at radius 1 is 1.52 bits per heavy atom. The minimum absolute atomic E-state index is 0.395. The monoisotopic (exact) mass is 288 g/mol. The van der Waals surface area contributed by atoms with Gasteiger partial charge in [-0.1, -0.05) is 6.07 Å². The zero-order chi connectivity index (χ0) is 15.0. The van der Waals surface area contributed by atoms with Gasteiger partial charge in [0.1, 0.15) is 18.1 Å². The molecular formula is C15H16N2O4. The van der Waals surface area contributed by atoms with E-state index in [0.717, 1.165) is 17.0 Å². The van der Waals surface area contributed by atoms with Crippen LogP contribution in [-0.2, 0) is 24.9 Å². The largest absolute Gasteiger partial charge is 0.487 e. The number of hydrogen-bond donors (Lipinski definition) is 1. The number of carboxylic acids is 1. The van der Waals surface area contributed by atoms with Crippen LogP contribution in [0.1, 0.15) is 17.0 Å².